The Morgan fingerprint density at radius 2 is 1.66 bits per heavy atom. The van der Waals surface area contributed by atoms with Gasteiger partial charge in [0, 0.05) is 18.6 Å². The molecule has 3 amide bonds. The van der Waals surface area contributed by atoms with Crippen molar-refractivity contribution in [3.63, 3.8) is 0 Å². The van der Waals surface area contributed by atoms with Crippen molar-refractivity contribution >= 4 is 29.4 Å². The third kappa shape index (κ3) is 8.81. The lowest BCUT2D eigenvalue weighted by Crippen LogP contribution is -2.55. The second-order valence-electron chi connectivity index (χ2n) is 10.1. The second-order valence-corrected chi connectivity index (χ2v) is 10.1. The van der Waals surface area contributed by atoms with E-state index in [9.17, 15) is 29.3 Å². The van der Waals surface area contributed by atoms with Crippen molar-refractivity contribution in [2.24, 2.45) is 11.8 Å². The minimum absolute atomic E-state index is 0.0508. The highest BCUT2D eigenvalue weighted by molar-refractivity contribution is 5.94. The summed E-state index contributed by atoms with van der Waals surface area (Å²) < 4.78 is 5.84. The van der Waals surface area contributed by atoms with Crippen LogP contribution in [0.15, 0.2) is 24.3 Å². The SMILES string of the molecule is CCCC[C@H](C)[C@@H]1CC(=O)N[C@@H](Cc2ccc([N+](=O)[O-])cc2)C(=O)N[C@@H](C)C(=O)N[C@H]([C@@H](C)CC)C(=O)O1. The second kappa shape index (κ2) is 14.4. The first kappa shape index (κ1) is 30.7. The van der Waals surface area contributed by atoms with E-state index >= 15 is 0 Å². The number of rotatable bonds is 9. The van der Waals surface area contributed by atoms with Crippen LogP contribution in [0.25, 0.3) is 0 Å². The molecule has 0 unspecified atom stereocenters. The number of benzene rings is 1. The van der Waals surface area contributed by atoms with E-state index in [1.807, 2.05) is 27.7 Å². The lowest BCUT2D eigenvalue weighted by Gasteiger charge is -2.29. The van der Waals surface area contributed by atoms with Gasteiger partial charge in [0.25, 0.3) is 5.69 Å². The molecular weight excluding hydrogens is 492 g/mol. The molecule has 0 aliphatic carbocycles. The maximum absolute atomic E-state index is 13.2. The number of nitrogens with zero attached hydrogens (tertiary/aromatic N) is 1. The smallest absolute Gasteiger partial charge is 0.329 e. The molecule has 6 atom stereocenters. The molecule has 1 heterocycles. The largest absolute Gasteiger partial charge is 0.460 e. The summed E-state index contributed by atoms with van der Waals surface area (Å²) in [5.41, 5.74) is 0.498. The van der Waals surface area contributed by atoms with Gasteiger partial charge in [-0.15, -0.1) is 0 Å². The van der Waals surface area contributed by atoms with Crippen LogP contribution >= 0.6 is 0 Å². The highest BCUT2D eigenvalue weighted by Gasteiger charge is 2.35. The molecule has 3 N–H and O–H groups in total. The first-order chi connectivity index (χ1) is 18.0. The monoisotopic (exact) mass is 532 g/mol. The zero-order chi connectivity index (χ0) is 28.4. The molecule has 1 aromatic carbocycles. The molecule has 0 bridgehead atoms. The molecule has 11 nitrogen and oxygen atoms in total. The van der Waals surface area contributed by atoms with Gasteiger partial charge in [0.05, 0.1) is 11.3 Å². The Hall–Kier alpha value is -3.50. The predicted octanol–water partition coefficient (Wildman–Crippen LogP) is 2.80. The maximum Gasteiger partial charge on any atom is 0.329 e. The van der Waals surface area contributed by atoms with E-state index in [1.165, 1.54) is 31.2 Å². The van der Waals surface area contributed by atoms with E-state index in [2.05, 4.69) is 16.0 Å². The van der Waals surface area contributed by atoms with Crippen LogP contribution in [0.1, 0.15) is 72.3 Å². The number of hydrogen-bond acceptors (Lipinski definition) is 7. The Kier molecular flexibility index (Phi) is 11.7. The minimum Gasteiger partial charge on any atom is -0.460 e. The summed E-state index contributed by atoms with van der Waals surface area (Å²) in [6, 6.07) is 2.72. The topological polar surface area (TPSA) is 157 Å². The van der Waals surface area contributed by atoms with Crippen LogP contribution < -0.4 is 16.0 Å². The van der Waals surface area contributed by atoms with E-state index in [4.69, 9.17) is 4.74 Å². The van der Waals surface area contributed by atoms with Crippen molar-refractivity contribution in [1.82, 2.24) is 16.0 Å². The van der Waals surface area contributed by atoms with Crippen LogP contribution in [-0.4, -0.2) is 52.8 Å². The molecule has 1 saturated heterocycles. The van der Waals surface area contributed by atoms with Crippen molar-refractivity contribution in [2.75, 3.05) is 0 Å². The molecule has 0 spiro atoms. The van der Waals surface area contributed by atoms with Crippen LogP contribution in [0.5, 0.6) is 0 Å². The molecule has 38 heavy (non-hydrogen) atoms. The number of nitro benzene ring substituents is 1. The number of carbonyl (C=O) groups is 4. The van der Waals surface area contributed by atoms with Gasteiger partial charge < -0.3 is 20.7 Å². The summed E-state index contributed by atoms with van der Waals surface area (Å²) in [6.07, 6.45) is 2.36. The van der Waals surface area contributed by atoms with Crippen LogP contribution in [0.3, 0.4) is 0 Å². The molecule has 1 aliphatic heterocycles. The molecule has 1 aromatic rings. The van der Waals surface area contributed by atoms with Crippen molar-refractivity contribution < 1.29 is 28.8 Å². The van der Waals surface area contributed by atoms with Gasteiger partial charge in [-0.1, -0.05) is 59.1 Å². The molecule has 11 heteroatoms. The van der Waals surface area contributed by atoms with Crippen molar-refractivity contribution in [1.29, 1.82) is 0 Å². The zero-order valence-electron chi connectivity index (χ0n) is 22.8. The summed E-state index contributed by atoms with van der Waals surface area (Å²) in [6.45, 7) is 9.18. The number of ether oxygens (including phenoxy) is 1. The Labute approximate surface area is 223 Å². The maximum atomic E-state index is 13.2. The van der Waals surface area contributed by atoms with Gasteiger partial charge >= 0.3 is 5.97 Å². The number of amides is 3. The van der Waals surface area contributed by atoms with Crippen molar-refractivity contribution in [3.05, 3.63) is 39.9 Å². The van der Waals surface area contributed by atoms with Crippen LogP contribution in [-0.2, 0) is 30.3 Å². The molecule has 210 valence electrons. The standard InChI is InChI=1S/C27H40N4O7/c1-6-8-9-17(4)22-15-23(32)29-21(14-19-10-12-20(13-11-19)31(36)37)26(34)28-18(5)25(33)30-24(16(3)7-2)27(35)38-22/h10-13,16-18,21-22,24H,6-9,14-15H2,1-5H3,(H,28,34)(H,29,32)(H,30,33)/t16-,17-,18-,21-,22-,24+/m0/s1. The molecule has 2 rings (SSSR count). The van der Waals surface area contributed by atoms with Crippen LogP contribution in [0.4, 0.5) is 5.69 Å². The van der Waals surface area contributed by atoms with E-state index in [1.54, 1.807) is 0 Å². The van der Waals surface area contributed by atoms with Gasteiger partial charge in [-0.2, -0.15) is 0 Å². The lowest BCUT2D eigenvalue weighted by atomic mass is 9.94. The van der Waals surface area contributed by atoms with E-state index in [-0.39, 0.29) is 30.4 Å². The Bertz CT molecular complexity index is 998. The third-order valence-electron chi connectivity index (χ3n) is 7.06. The molecule has 0 saturated carbocycles. The van der Waals surface area contributed by atoms with Crippen LogP contribution in [0, 0.1) is 22.0 Å². The third-order valence-corrected chi connectivity index (χ3v) is 7.06. The summed E-state index contributed by atoms with van der Waals surface area (Å²) in [5, 5.41) is 19.0. The number of non-ortho nitro benzene ring substituents is 1. The molecule has 0 radical (unpaired) electrons. The van der Waals surface area contributed by atoms with E-state index < -0.39 is 52.8 Å². The quantitative estimate of drug-likeness (QED) is 0.251. The fourth-order valence-electron chi connectivity index (χ4n) is 4.26. The number of carbonyl (C=O) groups excluding carboxylic acids is 4. The average Bonchev–Trinajstić information content (AvgIpc) is 2.88. The van der Waals surface area contributed by atoms with Crippen LogP contribution in [0.2, 0.25) is 0 Å². The highest BCUT2D eigenvalue weighted by Crippen LogP contribution is 2.21. The summed E-state index contributed by atoms with van der Waals surface area (Å²) in [4.78, 5) is 62.9. The molecule has 1 aliphatic rings. The Morgan fingerprint density at radius 1 is 1.00 bits per heavy atom. The van der Waals surface area contributed by atoms with Gasteiger partial charge in [-0.3, -0.25) is 24.5 Å². The Morgan fingerprint density at radius 3 is 2.24 bits per heavy atom. The van der Waals surface area contributed by atoms with E-state index in [0.29, 0.717) is 12.0 Å². The van der Waals surface area contributed by atoms with Gasteiger partial charge in [-0.25, -0.2) is 4.79 Å². The van der Waals surface area contributed by atoms with Crippen molar-refractivity contribution in [2.45, 2.75) is 97.4 Å². The normalized spacial score (nSPS) is 24.9. The first-order valence-electron chi connectivity index (χ1n) is 13.3. The number of nitrogens with one attached hydrogen (secondary N) is 3. The van der Waals surface area contributed by atoms with Gasteiger partial charge in [0.2, 0.25) is 17.7 Å². The Balaban J connectivity index is 2.38. The van der Waals surface area contributed by atoms with Gasteiger partial charge in [-0.05, 0) is 30.7 Å². The fraction of sp³-hybridized carbons (Fsp3) is 0.630. The number of nitro groups is 1. The summed E-state index contributed by atoms with van der Waals surface area (Å²) in [5.74, 6) is -2.55. The minimum atomic E-state index is -1.05. The number of esters is 1. The number of unbranched alkanes of at least 4 members (excludes halogenated alkanes) is 1. The first-order valence-corrected chi connectivity index (χ1v) is 13.3. The number of cyclic esters (lactones) is 1. The molecular formula is C27H40N4O7. The molecule has 1 fully saturated rings. The predicted molar refractivity (Wildman–Crippen MR) is 141 cm³/mol. The number of hydrogen-bond donors (Lipinski definition) is 3. The van der Waals surface area contributed by atoms with Gasteiger partial charge in [0.1, 0.15) is 24.2 Å². The summed E-state index contributed by atoms with van der Waals surface area (Å²) in [7, 11) is 0. The lowest BCUT2D eigenvalue weighted by molar-refractivity contribution is -0.384. The fourth-order valence-corrected chi connectivity index (χ4v) is 4.26. The van der Waals surface area contributed by atoms with E-state index in [0.717, 1.165) is 19.3 Å². The van der Waals surface area contributed by atoms with Gasteiger partial charge in [0.15, 0.2) is 0 Å². The highest BCUT2D eigenvalue weighted by atomic mass is 16.6. The zero-order valence-corrected chi connectivity index (χ0v) is 22.8. The summed E-state index contributed by atoms with van der Waals surface area (Å²) >= 11 is 0. The average molecular weight is 533 g/mol. The molecule has 0 aromatic heterocycles. The van der Waals surface area contributed by atoms with Crippen molar-refractivity contribution in [3.8, 4) is 0 Å².